The third-order valence-electron chi connectivity index (χ3n) is 3.96. The smallest absolute Gasteiger partial charge is 0.108 e. The first-order valence-electron chi connectivity index (χ1n) is 6.57. The highest BCUT2D eigenvalue weighted by Crippen LogP contribution is 2.47. The van der Waals surface area contributed by atoms with Gasteiger partial charge in [0.25, 0.3) is 0 Å². The van der Waals surface area contributed by atoms with Crippen molar-refractivity contribution in [3.05, 3.63) is 59.0 Å². The van der Waals surface area contributed by atoms with E-state index in [1.165, 1.54) is 24.0 Å². The maximum absolute atomic E-state index is 5.89. The molecule has 0 aliphatic heterocycles. The van der Waals surface area contributed by atoms with Gasteiger partial charge in [0, 0.05) is 18.4 Å². The summed E-state index contributed by atoms with van der Waals surface area (Å²) in [7, 11) is 0. The van der Waals surface area contributed by atoms with E-state index in [2.05, 4.69) is 30.3 Å². The molecule has 1 aromatic carbocycles. The Morgan fingerprint density at radius 2 is 2.06 bits per heavy atom. The third kappa shape index (κ3) is 2.08. The predicted octanol–water partition coefficient (Wildman–Crippen LogP) is 3.17. The van der Waals surface area contributed by atoms with E-state index in [0.29, 0.717) is 0 Å². The molecule has 0 atom stereocenters. The molecule has 1 aliphatic carbocycles. The lowest BCUT2D eigenvalue weighted by Gasteiger charge is -2.13. The van der Waals surface area contributed by atoms with Crippen LogP contribution in [0.15, 0.2) is 40.8 Å². The molecule has 18 heavy (non-hydrogen) atoms. The van der Waals surface area contributed by atoms with Gasteiger partial charge >= 0.3 is 0 Å². The topological polar surface area (TPSA) is 39.2 Å². The van der Waals surface area contributed by atoms with E-state index in [1.807, 2.05) is 13.0 Å². The maximum Gasteiger partial charge on any atom is 0.108 e. The minimum Gasteiger partial charge on any atom is -0.466 e. The second kappa shape index (κ2) is 4.29. The van der Waals surface area contributed by atoms with E-state index < -0.39 is 0 Å². The standard InChI is InChI=1S/C16H19NO/c1-12-5-6-15(18-12)10-13-3-2-4-14(9-13)16(11-17)7-8-16/h2-6,9H,7-8,10-11,17H2,1H3. The first-order valence-corrected chi connectivity index (χ1v) is 6.57. The van der Waals surface area contributed by atoms with Crippen LogP contribution in [0, 0.1) is 6.92 Å². The van der Waals surface area contributed by atoms with E-state index in [1.54, 1.807) is 0 Å². The number of benzene rings is 1. The van der Waals surface area contributed by atoms with Crippen molar-refractivity contribution in [3.8, 4) is 0 Å². The molecule has 0 bridgehead atoms. The molecule has 94 valence electrons. The Balaban J connectivity index is 1.83. The van der Waals surface area contributed by atoms with Gasteiger partial charge in [0.15, 0.2) is 0 Å². The van der Waals surface area contributed by atoms with Crippen molar-refractivity contribution >= 4 is 0 Å². The van der Waals surface area contributed by atoms with Crippen molar-refractivity contribution in [1.29, 1.82) is 0 Å². The first kappa shape index (κ1) is 11.5. The Kier molecular flexibility index (Phi) is 2.75. The molecule has 1 fully saturated rings. The van der Waals surface area contributed by atoms with Gasteiger partial charge in [-0.05, 0) is 43.0 Å². The predicted molar refractivity (Wildman–Crippen MR) is 72.7 cm³/mol. The van der Waals surface area contributed by atoms with Crippen LogP contribution in [0.4, 0.5) is 0 Å². The summed E-state index contributed by atoms with van der Waals surface area (Å²) in [5.41, 5.74) is 8.86. The normalized spacial score (nSPS) is 16.8. The number of nitrogens with two attached hydrogens (primary N) is 1. The molecule has 3 rings (SSSR count). The molecule has 2 nitrogen and oxygen atoms in total. The summed E-state index contributed by atoms with van der Waals surface area (Å²) in [5, 5.41) is 0. The number of aryl methyl sites for hydroxylation is 1. The zero-order valence-electron chi connectivity index (χ0n) is 10.8. The molecule has 2 N–H and O–H groups in total. The molecular weight excluding hydrogens is 222 g/mol. The van der Waals surface area contributed by atoms with Crippen LogP contribution in [0.5, 0.6) is 0 Å². The maximum atomic E-state index is 5.89. The van der Waals surface area contributed by atoms with Gasteiger partial charge in [0.2, 0.25) is 0 Å². The molecule has 0 spiro atoms. The molecule has 1 saturated carbocycles. The van der Waals surface area contributed by atoms with Crippen molar-refractivity contribution < 1.29 is 4.42 Å². The van der Waals surface area contributed by atoms with Crippen LogP contribution < -0.4 is 5.73 Å². The number of hydrogen-bond donors (Lipinski definition) is 1. The summed E-state index contributed by atoms with van der Waals surface area (Å²) in [6, 6.07) is 12.9. The van der Waals surface area contributed by atoms with Gasteiger partial charge in [0.05, 0.1) is 0 Å². The van der Waals surface area contributed by atoms with E-state index in [-0.39, 0.29) is 5.41 Å². The second-order valence-corrected chi connectivity index (χ2v) is 5.37. The van der Waals surface area contributed by atoms with Crippen LogP contribution in [-0.4, -0.2) is 6.54 Å². The molecule has 1 heterocycles. The average molecular weight is 241 g/mol. The molecule has 0 radical (unpaired) electrons. The number of furan rings is 1. The fourth-order valence-corrected chi connectivity index (χ4v) is 2.55. The molecule has 2 heteroatoms. The largest absolute Gasteiger partial charge is 0.466 e. The van der Waals surface area contributed by atoms with E-state index in [0.717, 1.165) is 24.5 Å². The average Bonchev–Trinajstić information content (AvgIpc) is 3.09. The monoisotopic (exact) mass is 241 g/mol. The van der Waals surface area contributed by atoms with Crippen LogP contribution in [-0.2, 0) is 11.8 Å². The van der Waals surface area contributed by atoms with Crippen molar-refractivity contribution in [3.63, 3.8) is 0 Å². The van der Waals surface area contributed by atoms with E-state index in [9.17, 15) is 0 Å². The summed E-state index contributed by atoms with van der Waals surface area (Å²) in [4.78, 5) is 0. The zero-order chi connectivity index (χ0) is 12.6. The quantitative estimate of drug-likeness (QED) is 0.893. The lowest BCUT2D eigenvalue weighted by atomic mass is 9.93. The van der Waals surface area contributed by atoms with Gasteiger partial charge < -0.3 is 10.2 Å². The SMILES string of the molecule is Cc1ccc(Cc2cccc(C3(CN)CC3)c2)o1. The van der Waals surface area contributed by atoms with Crippen molar-refractivity contribution in [1.82, 2.24) is 0 Å². The highest BCUT2D eigenvalue weighted by atomic mass is 16.3. The van der Waals surface area contributed by atoms with Crippen LogP contribution >= 0.6 is 0 Å². The third-order valence-corrected chi connectivity index (χ3v) is 3.96. The van der Waals surface area contributed by atoms with Gasteiger partial charge in [-0.1, -0.05) is 24.3 Å². The summed E-state index contributed by atoms with van der Waals surface area (Å²) < 4.78 is 5.63. The lowest BCUT2D eigenvalue weighted by molar-refractivity contribution is 0.493. The molecule has 2 aromatic rings. The highest BCUT2D eigenvalue weighted by Gasteiger charge is 2.42. The van der Waals surface area contributed by atoms with Gasteiger partial charge in [-0.3, -0.25) is 0 Å². The summed E-state index contributed by atoms with van der Waals surface area (Å²) in [6.45, 7) is 2.74. The van der Waals surface area contributed by atoms with Gasteiger partial charge in [-0.2, -0.15) is 0 Å². The van der Waals surface area contributed by atoms with E-state index in [4.69, 9.17) is 10.2 Å². The Morgan fingerprint density at radius 1 is 1.22 bits per heavy atom. The van der Waals surface area contributed by atoms with E-state index >= 15 is 0 Å². The molecule has 0 amide bonds. The Morgan fingerprint density at radius 3 is 2.67 bits per heavy atom. The van der Waals surface area contributed by atoms with Gasteiger partial charge in [0.1, 0.15) is 11.5 Å². The Bertz CT molecular complexity index is 552. The summed E-state index contributed by atoms with van der Waals surface area (Å²) in [6.07, 6.45) is 3.32. The Labute approximate surface area is 108 Å². The zero-order valence-corrected chi connectivity index (χ0v) is 10.8. The second-order valence-electron chi connectivity index (χ2n) is 5.37. The first-order chi connectivity index (χ1) is 8.72. The fourth-order valence-electron chi connectivity index (χ4n) is 2.55. The summed E-state index contributed by atoms with van der Waals surface area (Å²) >= 11 is 0. The van der Waals surface area contributed by atoms with Gasteiger partial charge in [-0.15, -0.1) is 0 Å². The van der Waals surface area contributed by atoms with Crippen molar-refractivity contribution in [2.24, 2.45) is 5.73 Å². The van der Waals surface area contributed by atoms with Crippen LogP contribution in [0.1, 0.15) is 35.5 Å². The molecule has 1 aliphatic rings. The Hall–Kier alpha value is -1.54. The lowest BCUT2D eigenvalue weighted by Crippen LogP contribution is -2.19. The number of rotatable bonds is 4. The molecule has 1 aromatic heterocycles. The molecule has 0 saturated heterocycles. The van der Waals surface area contributed by atoms with Crippen LogP contribution in [0.3, 0.4) is 0 Å². The van der Waals surface area contributed by atoms with Crippen LogP contribution in [0.2, 0.25) is 0 Å². The summed E-state index contributed by atoms with van der Waals surface area (Å²) in [5.74, 6) is 2.00. The minimum absolute atomic E-state index is 0.273. The molecule has 0 unspecified atom stereocenters. The minimum atomic E-state index is 0.273. The van der Waals surface area contributed by atoms with Crippen LogP contribution in [0.25, 0.3) is 0 Å². The number of hydrogen-bond acceptors (Lipinski definition) is 2. The van der Waals surface area contributed by atoms with Crippen molar-refractivity contribution in [2.45, 2.75) is 31.6 Å². The van der Waals surface area contributed by atoms with Crippen molar-refractivity contribution in [2.75, 3.05) is 6.54 Å². The highest BCUT2D eigenvalue weighted by molar-refractivity contribution is 5.36. The molecular formula is C16H19NO. The van der Waals surface area contributed by atoms with Gasteiger partial charge in [-0.25, -0.2) is 0 Å². The fraction of sp³-hybridized carbons (Fsp3) is 0.375.